The van der Waals surface area contributed by atoms with Gasteiger partial charge in [-0.05, 0) is 19.3 Å². The fourth-order valence-corrected chi connectivity index (χ4v) is 2.14. The summed E-state index contributed by atoms with van der Waals surface area (Å²) in [5.41, 5.74) is 0. The van der Waals surface area contributed by atoms with Crippen LogP contribution in [0, 0.1) is 0 Å². The quantitative estimate of drug-likeness (QED) is 0.383. The SMILES string of the molecule is COCCOCCCOCCCCCS(=O)(=O)Cl. The van der Waals surface area contributed by atoms with Crippen molar-refractivity contribution < 1.29 is 22.6 Å². The standard InChI is InChI=1S/C11H23ClO5S/c1-15-9-10-17-8-5-7-16-6-3-2-4-11-18(12,13)14/h2-11H2,1H3. The van der Waals surface area contributed by atoms with Crippen LogP contribution in [0.3, 0.4) is 0 Å². The molecule has 0 aromatic carbocycles. The van der Waals surface area contributed by atoms with Crippen LogP contribution in [0.2, 0.25) is 0 Å². The molecule has 0 amide bonds. The maximum atomic E-state index is 10.6. The molecule has 0 N–H and O–H groups in total. The molecular weight excluding hydrogens is 280 g/mol. The summed E-state index contributed by atoms with van der Waals surface area (Å²) < 4.78 is 36.7. The van der Waals surface area contributed by atoms with E-state index in [0.29, 0.717) is 39.5 Å². The molecule has 0 saturated heterocycles. The minimum Gasteiger partial charge on any atom is -0.382 e. The summed E-state index contributed by atoms with van der Waals surface area (Å²) in [5, 5.41) is 0. The average molecular weight is 303 g/mol. The number of ether oxygens (including phenoxy) is 3. The molecule has 7 heteroatoms. The normalized spacial score (nSPS) is 11.9. The molecule has 0 heterocycles. The van der Waals surface area contributed by atoms with Gasteiger partial charge in [0, 0.05) is 37.6 Å². The molecule has 0 bridgehead atoms. The molecule has 0 atom stereocenters. The molecule has 0 rings (SSSR count). The van der Waals surface area contributed by atoms with E-state index in [9.17, 15) is 8.42 Å². The Kier molecular flexibility index (Phi) is 12.3. The van der Waals surface area contributed by atoms with Crippen molar-refractivity contribution in [2.45, 2.75) is 25.7 Å². The summed E-state index contributed by atoms with van der Waals surface area (Å²) in [4.78, 5) is 0. The van der Waals surface area contributed by atoms with Gasteiger partial charge in [-0.3, -0.25) is 0 Å². The lowest BCUT2D eigenvalue weighted by Gasteiger charge is -2.05. The van der Waals surface area contributed by atoms with E-state index < -0.39 is 9.05 Å². The van der Waals surface area contributed by atoms with E-state index in [0.717, 1.165) is 19.3 Å². The van der Waals surface area contributed by atoms with Crippen molar-refractivity contribution in [1.29, 1.82) is 0 Å². The molecule has 0 aromatic heterocycles. The van der Waals surface area contributed by atoms with Gasteiger partial charge in [0.05, 0.1) is 19.0 Å². The van der Waals surface area contributed by atoms with Crippen molar-refractivity contribution in [3.8, 4) is 0 Å². The molecule has 0 spiro atoms. The number of methoxy groups -OCH3 is 1. The highest BCUT2D eigenvalue weighted by Gasteiger charge is 2.03. The summed E-state index contributed by atoms with van der Waals surface area (Å²) in [7, 11) is 3.39. The summed E-state index contributed by atoms with van der Waals surface area (Å²) >= 11 is 0. The molecule has 5 nitrogen and oxygen atoms in total. The number of hydrogen-bond acceptors (Lipinski definition) is 5. The highest BCUT2D eigenvalue weighted by atomic mass is 35.7. The first-order valence-corrected chi connectivity index (χ1v) is 8.61. The number of halogens is 1. The van der Waals surface area contributed by atoms with E-state index in [4.69, 9.17) is 24.9 Å². The number of unbranched alkanes of at least 4 members (excludes halogenated alkanes) is 2. The second-order valence-corrected chi connectivity index (χ2v) is 6.77. The summed E-state index contributed by atoms with van der Waals surface area (Å²) in [6.45, 7) is 3.22. The number of rotatable bonds is 13. The van der Waals surface area contributed by atoms with Gasteiger partial charge in [-0.15, -0.1) is 0 Å². The predicted molar refractivity (Wildman–Crippen MR) is 71.6 cm³/mol. The second-order valence-electron chi connectivity index (χ2n) is 3.87. The van der Waals surface area contributed by atoms with E-state index in [-0.39, 0.29) is 5.75 Å². The van der Waals surface area contributed by atoms with Gasteiger partial charge in [0.2, 0.25) is 9.05 Å². The molecule has 0 aliphatic carbocycles. The molecule has 0 fully saturated rings. The first kappa shape index (κ1) is 18.1. The first-order chi connectivity index (χ1) is 8.56. The van der Waals surface area contributed by atoms with Crippen molar-refractivity contribution >= 4 is 19.7 Å². The molecule has 0 aliphatic heterocycles. The van der Waals surface area contributed by atoms with Crippen LogP contribution in [0.5, 0.6) is 0 Å². The highest BCUT2D eigenvalue weighted by Crippen LogP contribution is 2.03. The summed E-state index contributed by atoms with van der Waals surface area (Å²) in [6.07, 6.45) is 3.13. The Bertz CT molecular complexity index is 269. The van der Waals surface area contributed by atoms with Gasteiger partial charge in [0.25, 0.3) is 0 Å². The van der Waals surface area contributed by atoms with Crippen molar-refractivity contribution in [3.05, 3.63) is 0 Å². The van der Waals surface area contributed by atoms with Crippen molar-refractivity contribution in [1.82, 2.24) is 0 Å². The van der Waals surface area contributed by atoms with Crippen LogP contribution in [-0.4, -0.2) is 54.3 Å². The summed E-state index contributed by atoms with van der Waals surface area (Å²) in [6, 6.07) is 0. The van der Waals surface area contributed by atoms with Crippen molar-refractivity contribution in [2.24, 2.45) is 0 Å². The van der Waals surface area contributed by atoms with Crippen molar-refractivity contribution in [2.75, 3.05) is 45.9 Å². The van der Waals surface area contributed by atoms with Crippen LogP contribution < -0.4 is 0 Å². The minimum atomic E-state index is -3.33. The van der Waals surface area contributed by atoms with Crippen LogP contribution in [0.25, 0.3) is 0 Å². The summed E-state index contributed by atoms with van der Waals surface area (Å²) in [5.74, 6) is 0.0435. The third-order valence-corrected chi connectivity index (χ3v) is 3.43. The molecule has 0 aliphatic rings. The lowest BCUT2D eigenvalue weighted by atomic mass is 10.3. The van der Waals surface area contributed by atoms with Crippen LogP contribution in [0.15, 0.2) is 0 Å². The zero-order valence-corrected chi connectivity index (χ0v) is 12.5. The van der Waals surface area contributed by atoms with E-state index in [1.807, 2.05) is 0 Å². The Balaban J connectivity index is 3.03. The van der Waals surface area contributed by atoms with Crippen LogP contribution in [0.1, 0.15) is 25.7 Å². The predicted octanol–water partition coefficient (Wildman–Crippen LogP) is 1.80. The van der Waals surface area contributed by atoms with Crippen LogP contribution in [-0.2, 0) is 23.3 Å². The molecule has 0 saturated carbocycles. The molecule has 0 aromatic rings. The Morgan fingerprint density at radius 1 is 0.833 bits per heavy atom. The minimum absolute atomic E-state index is 0.0435. The van der Waals surface area contributed by atoms with Gasteiger partial charge >= 0.3 is 0 Å². The topological polar surface area (TPSA) is 61.8 Å². The fourth-order valence-electron chi connectivity index (χ4n) is 1.26. The Morgan fingerprint density at radius 3 is 2.06 bits per heavy atom. The maximum Gasteiger partial charge on any atom is 0.232 e. The highest BCUT2D eigenvalue weighted by molar-refractivity contribution is 8.13. The van der Waals surface area contributed by atoms with E-state index in [1.54, 1.807) is 7.11 Å². The molecule has 110 valence electrons. The average Bonchev–Trinajstić information content (AvgIpc) is 2.29. The van der Waals surface area contributed by atoms with Crippen LogP contribution >= 0.6 is 10.7 Å². The lowest BCUT2D eigenvalue weighted by Crippen LogP contribution is -2.06. The largest absolute Gasteiger partial charge is 0.382 e. The molecule has 18 heavy (non-hydrogen) atoms. The molecule has 0 radical (unpaired) electrons. The van der Waals surface area contributed by atoms with Gasteiger partial charge in [-0.1, -0.05) is 6.42 Å². The van der Waals surface area contributed by atoms with Gasteiger partial charge < -0.3 is 14.2 Å². The van der Waals surface area contributed by atoms with Gasteiger partial charge in [0.15, 0.2) is 0 Å². The third-order valence-electron chi connectivity index (χ3n) is 2.19. The zero-order chi connectivity index (χ0) is 13.7. The number of hydrogen-bond donors (Lipinski definition) is 0. The zero-order valence-electron chi connectivity index (χ0n) is 10.9. The Labute approximate surface area is 114 Å². The van der Waals surface area contributed by atoms with Crippen LogP contribution in [0.4, 0.5) is 0 Å². The fraction of sp³-hybridized carbons (Fsp3) is 1.00. The van der Waals surface area contributed by atoms with Gasteiger partial charge in [0.1, 0.15) is 0 Å². The Hall–Kier alpha value is 0.120. The maximum absolute atomic E-state index is 10.6. The smallest absolute Gasteiger partial charge is 0.232 e. The van der Waals surface area contributed by atoms with Crippen molar-refractivity contribution in [3.63, 3.8) is 0 Å². The third kappa shape index (κ3) is 16.1. The Morgan fingerprint density at radius 2 is 1.44 bits per heavy atom. The molecular formula is C11H23ClO5S. The van der Waals surface area contributed by atoms with E-state index in [1.165, 1.54) is 0 Å². The van der Waals surface area contributed by atoms with E-state index in [2.05, 4.69) is 0 Å². The van der Waals surface area contributed by atoms with Gasteiger partial charge in [-0.2, -0.15) is 0 Å². The monoisotopic (exact) mass is 302 g/mol. The molecule has 0 unspecified atom stereocenters. The van der Waals surface area contributed by atoms with E-state index >= 15 is 0 Å². The van der Waals surface area contributed by atoms with Gasteiger partial charge in [-0.25, -0.2) is 8.42 Å². The first-order valence-electron chi connectivity index (χ1n) is 6.13. The lowest BCUT2D eigenvalue weighted by molar-refractivity contribution is 0.0509. The second kappa shape index (κ2) is 12.2.